The van der Waals surface area contributed by atoms with Crippen molar-refractivity contribution in [2.24, 2.45) is 5.41 Å². The van der Waals surface area contributed by atoms with Crippen LogP contribution in [0.1, 0.15) is 54.6 Å². The first kappa shape index (κ1) is 30.4. The number of alkyl halides is 3. The maximum atomic E-state index is 13.2. The summed E-state index contributed by atoms with van der Waals surface area (Å²) in [6.45, 7) is 7.34. The molecule has 2 saturated heterocycles. The molecule has 2 fully saturated rings. The second kappa shape index (κ2) is 12.3. The number of carbonyl (C=O) groups excluding carboxylic acids is 1. The van der Waals surface area contributed by atoms with E-state index in [1.165, 1.54) is 24.3 Å². The molecule has 7 nitrogen and oxygen atoms in total. The number of benzene rings is 3. The van der Waals surface area contributed by atoms with E-state index in [1.807, 2.05) is 26.0 Å². The molecule has 0 aromatic heterocycles. The van der Waals surface area contributed by atoms with Crippen LogP contribution < -0.4 is 14.4 Å². The Morgan fingerprint density at radius 1 is 0.930 bits per heavy atom. The molecule has 0 bridgehead atoms. The van der Waals surface area contributed by atoms with Gasteiger partial charge in [0.05, 0.1) is 29.9 Å². The highest BCUT2D eigenvalue weighted by Crippen LogP contribution is 2.44. The minimum Gasteiger partial charge on any atom is -0.493 e. The Labute approximate surface area is 248 Å². The Balaban J connectivity index is 1.30. The standard InChI is InChI=1S/C33H35F3N2O5/c1-3-42-27-17-22(18-28(43-4-2)30(27)23-5-9-25(10-6-23)33(34,35)36)20-37-15-13-32(14-16-37)19-29(39)38(21-32)26-11-7-24(8-12-26)31(40)41/h5-12,17-18H,3-4,13-16,19-21H2,1-2H3,(H,40,41). The van der Waals surface area contributed by atoms with Crippen LogP contribution in [0.3, 0.4) is 0 Å². The van der Waals surface area contributed by atoms with E-state index < -0.39 is 17.7 Å². The van der Waals surface area contributed by atoms with E-state index in [0.29, 0.717) is 61.0 Å². The molecule has 2 heterocycles. The Kier molecular flexibility index (Phi) is 8.69. The molecule has 5 rings (SSSR count). The van der Waals surface area contributed by atoms with Crippen molar-refractivity contribution >= 4 is 17.6 Å². The molecule has 2 aliphatic rings. The van der Waals surface area contributed by atoms with E-state index in [2.05, 4.69) is 4.90 Å². The van der Waals surface area contributed by atoms with Crippen LogP contribution in [-0.2, 0) is 17.5 Å². The van der Waals surface area contributed by atoms with Crippen molar-refractivity contribution < 1.29 is 37.3 Å². The second-order valence-electron chi connectivity index (χ2n) is 11.2. The van der Waals surface area contributed by atoms with Gasteiger partial charge in [0, 0.05) is 25.2 Å². The Hall–Kier alpha value is -4.05. The van der Waals surface area contributed by atoms with Gasteiger partial charge in [-0.2, -0.15) is 13.2 Å². The highest BCUT2D eigenvalue weighted by atomic mass is 19.4. The number of amides is 1. The summed E-state index contributed by atoms with van der Waals surface area (Å²) in [4.78, 5) is 28.3. The average Bonchev–Trinajstić information content (AvgIpc) is 3.29. The van der Waals surface area contributed by atoms with Gasteiger partial charge in [-0.15, -0.1) is 0 Å². The van der Waals surface area contributed by atoms with Crippen LogP contribution in [0.2, 0.25) is 0 Å². The molecule has 1 amide bonds. The van der Waals surface area contributed by atoms with E-state index >= 15 is 0 Å². The highest BCUT2D eigenvalue weighted by molar-refractivity contribution is 5.97. The molecule has 228 valence electrons. The molecular weight excluding hydrogens is 561 g/mol. The molecule has 1 spiro atoms. The molecule has 3 aromatic carbocycles. The number of piperidine rings is 1. The smallest absolute Gasteiger partial charge is 0.416 e. The number of aromatic carboxylic acids is 1. The summed E-state index contributed by atoms with van der Waals surface area (Å²) >= 11 is 0. The van der Waals surface area contributed by atoms with Gasteiger partial charge in [-0.25, -0.2) is 4.79 Å². The predicted molar refractivity (Wildman–Crippen MR) is 157 cm³/mol. The molecule has 3 aromatic rings. The zero-order valence-electron chi connectivity index (χ0n) is 24.2. The highest BCUT2D eigenvalue weighted by Gasteiger charge is 2.45. The van der Waals surface area contributed by atoms with E-state index in [-0.39, 0.29) is 16.9 Å². The quantitative estimate of drug-likeness (QED) is 0.290. The number of carboxylic acid groups (broad SMARTS) is 1. The Morgan fingerprint density at radius 2 is 1.51 bits per heavy atom. The zero-order chi connectivity index (χ0) is 30.8. The van der Waals surface area contributed by atoms with Gasteiger partial charge in [0.2, 0.25) is 5.91 Å². The number of nitrogens with zero attached hydrogens (tertiary/aromatic N) is 2. The Morgan fingerprint density at radius 3 is 2.02 bits per heavy atom. The number of ether oxygens (including phenoxy) is 2. The van der Waals surface area contributed by atoms with Crippen LogP contribution in [0.15, 0.2) is 60.7 Å². The molecule has 0 atom stereocenters. The topological polar surface area (TPSA) is 79.3 Å². The molecule has 10 heteroatoms. The molecular formula is C33H35F3N2O5. The molecule has 1 N–H and O–H groups in total. The number of carboxylic acids is 1. The number of likely N-dealkylation sites (tertiary alicyclic amines) is 1. The number of hydrogen-bond donors (Lipinski definition) is 1. The fraction of sp³-hybridized carbons (Fsp3) is 0.394. The minimum atomic E-state index is -4.42. The van der Waals surface area contributed by atoms with Crippen molar-refractivity contribution in [1.29, 1.82) is 0 Å². The SMILES string of the molecule is CCOc1cc(CN2CCC3(CC2)CC(=O)N(c2ccc(C(=O)O)cc2)C3)cc(OCC)c1-c1ccc(C(F)(F)F)cc1. The number of halogens is 3. The lowest BCUT2D eigenvalue weighted by Gasteiger charge is -2.39. The Bertz CT molecular complexity index is 1440. The summed E-state index contributed by atoms with van der Waals surface area (Å²) in [7, 11) is 0. The lowest BCUT2D eigenvalue weighted by Crippen LogP contribution is -2.41. The first-order chi connectivity index (χ1) is 20.5. The average molecular weight is 597 g/mol. The molecule has 0 radical (unpaired) electrons. The van der Waals surface area contributed by atoms with Crippen LogP contribution in [0.25, 0.3) is 11.1 Å². The summed E-state index contributed by atoms with van der Waals surface area (Å²) in [5.74, 6) is 0.169. The lowest BCUT2D eigenvalue weighted by atomic mass is 9.77. The van der Waals surface area contributed by atoms with E-state index in [9.17, 15) is 27.9 Å². The number of carbonyl (C=O) groups is 2. The van der Waals surface area contributed by atoms with Crippen LogP contribution in [-0.4, -0.2) is 54.7 Å². The molecule has 2 aliphatic heterocycles. The van der Waals surface area contributed by atoms with E-state index in [4.69, 9.17) is 9.47 Å². The van der Waals surface area contributed by atoms with Crippen molar-refractivity contribution in [2.75, 3.05) is 37.7 Å². The normalized spacial score (nSPS) is 17.0. The lowest BCUT2D eigenvalue weighted by molar-refractivity contribution is -0.137. The molecule has 0 aliphatic carbocycles. The van der Waals surface area contributed by atoms with Gasteiger partial charge in [-0.1, -0.05) is 12.1 Å². The van der Waals surface area contributed by atoms with Gasteiger partial charge in [-0.05, 0) is 105 Å². The van der Waals surface area contributed by atoms with Gasteiger partial charge in [0.15, 0.2) is 0 Å². The third-order valence-corrected chi connectivity index (χ3v) is 8.30. The summed E-state index contributed by atoms with van der Waals surface area (Å²) in [6, 6.07) is 15.3. The predicted octanol–water partition coefficient (Wildman–Crippen LogP) is 6.89. The van der Waals surface area contributed by atoms with Gasteiger partial charge >= 0.3 is 12.1 Å². The maximum absolute atomic E-state index is 13.2. The number of rotatable bonds is 9. The van der Waals surface area contributed by atoms with E-state index in [0.717, 1.165) is 43.6 Å². The largest absolute Gasteiger partial charge is 0.493 e. The van der Waals surface area contributed by atoms with Crippen LogP contribution in [0.4, 0.5) is 18.9 Å². The molecule has 0 unspecified atom stereocenters. The van der Waals surface area contributed by atoms with Crippen molar-refractivity contribution in [3.63, 3.8) is 0 Å². The molecule has 43 heavy (non-hydrogen) atoms. The van der Waals surface area contributed by atoms with Gasteiger partial charge in [-0.3, -0.25) is 9.69 Å². The van der Waals surface area contributed by atoms with Gasteiger partial charge in [0.1, 0.15) is 11.5 Å². The van der Waals surface area contributed by atoms with Crippen molar-refractivity contribution in [3.8, 4) is 22.6 Å². The van der Waals surface area contributed by atoms with Crippen molar-refractivity contribution in [3.05, 3.63) is 77.4 Å². The number of hydrogen-bond acceptors (Lipinski definition) is 5. The van der Waals surface area contributed by atoms with Gasteiger partial charge in [0.25, 0.3) is 0 Å². The summed E-state index contributed by atoms with van der Waals surface area (Å²) in [5.41, 5.74) is 2.24. The third-order valence-electron chi connectivity index (χ3n) is 8.30. The monoisotopic (exact) mass is 596 g/mol. The first-order valence-electron chi connectivity index (χ1n) is 14.5. The summed E-state index contributed by atoms with van der Waals surface area (Å²) < 4.78 is 51.4. The van der Waals surface area contributed by atoms with Crippen molar-refractivity contribution in [1.82, 2.24) is 4.90 Å². The fourth-order valence-electron chi connectivity index (χ4n) is 6.08. The first-order valence-corrected chi connectivity index (χ1v) is 14.5. The van der Waals surface area contributed by atoms with Crippen LogP contribution in [0, 0.1) is 5.41 Å². The zero-order valence-corrected chi connectivity index (χ0v) is 24.2. The molecule has 0 saturated carbocycles. The van der Waals surface area contributed by atoms with Crippen molar-refractivity contribution in [2.45, 2.75) is 45.8 Å². The second-order valence-corrected chi connectivity index (χ2v) is 11.2. The third kappa shape index (κ3) is 6.64. The maximum Gasteiger partial charge on any atom is 0.416 e. The minimum absolute atomic E-state index is 0.0538. The van der Waals surface area contributed by atoms with Crippen LogP contribution >= 0.6 is 0 Å². The van der Waals surface area contributed by atoms with Crippen LogP contribution in [0.5, 0.6) is 11.5 Å². The summed E-state index contributed by atoms with van der Waals surface area (Å²) in [6.07, 6.45) is -2.25. The van der Waals surface area contributed by atoms with E-state index in [1.54, 1.807) is 17.0 Å². The van der Waals surface area contributed by atoms with Gasteiger partial charge < -0.3 is 19.5 Å². The fourth-order valence-corrected chi connectivity index (χ4v) is 6.08. The number of anilines is 1. The summed E-state index contributed by atoms with van der Waals surface area (Å²) in [5, 5.41) is 9.17.